The molecule has 8 nitrogen and oxygen atoms in total. The Kier molecular flexibility index (Phi) is 10.7. The van der Waals surface area contributed by atoms with Gasteiger partial charge in [-0.2, -0.15) is 0 Å². The molecule has 4 aromatic carbocycles. The van der Waals surface area contributed by atoms with Crippen LogP contribution in [-0.2, 0) is 16.0 Å². The third kappa shape index (κ3) is 7.62. The number of anilines is 1. The molecule has 0 aromatic heterocycles. The molecule has 0 aliphatic carbocycles. The summed E-state index contributed by atoms with van der Waals surface area (Å²) in [4.78, 5) is 29.3. The molecule has 1 aliphatic rings. The molecule has 0 saturated carbocycles. The maximum Gasteiger partial charge on any atom is 0.307 e. The molecule has 48 heavy (non-hydrogen) atoms. The Labute approximate surface area is 287 Å². The number of carboxylic acids is 1. The first-order valence-corrected chi connectivity index (χ1v) is 16.2. The second-order valence-electron chi connectivity index (χ2n) is 12.2. The number of nitrogens with one attached hydrogen (secondary N) is 2. The van der Waals surface area contributed by atoms with E-state index < -0.39 is 11.9 Å². The van der Waals surface area contributed by atoms with Crippen LogP contribution in [0.3, 0.4) is 0 Å². The number of aliphatic imine (C=N–C) groups is 1. The van der Waals surface area contributed by atoms with Gasteiger partial charge in [0.05, 0.1) is 24.2 Å². The molecule has 1 aliphatic heterocycles. The number of carbonyl (C=O) groups excluding carboxylic acids is 1. The van der Waals surface area contributed by atoms with Crippen LogP contribution in [0.25, 0.3) is 22.3 Å². The highest BCUT2D eigenvalue weighted by atomic mass is 35.5. The molecule has 0 bridgehead atoms. The SMILES string of the molecule is CNN(C)C=CC(C)C(C)c1ccc(-c2ccc(-c3cc4c(cc3Cl)NC(=O)C4C(C)=Nc3ccc(OC)c(CC(=O)O)c3)cc2)cc1. The molecule has 0 radical (unpaired) electrons. The highest BCUT2D eigenvalue weighted by molar-refractivity contribution is 6.34. The predicted molar refractivity (Wildman–Crippen MR) is 194 cm³/mol. The topological polar surface area (TPSA) is 103 Å². The van der Waals surface area contributed by atoms with Gasteiger partial charge in [0.2, 0.25) is 5.91 Å². The van der Waals surface area contributed by atoms with E-state index in [1.54, 1.807) is 31.2 Å². The van der Waals surface area contributed by atoms with E-state index >= 15 is 0 Å². The van der Waals surface area contributed by atoms with Gasteiger partial charge in [-0.15, -0.1) is 0 Å². The number of allylic oxidation sites excluding steroid dienone is 1. The smallest absolute Gasteiger partial charge is 0.307 e. The van der Waals surface area contributed by atoms with E-state index in [1.165, 1.54) is 12.7 Å². The van der Waals surface area contributed by atoms with Gasteiger partial charge in [-0.3, -0.25) is 14.6 Å². The van der Waals surface area contributed by atoms with Crippen LogP contribution in [0, 0.1) is 5.92 Å². The zero-order valence-electron chi connectivity index (χ0n) is 28.0. The number of aliphatic carboxylic acids is 1. The van der Waals surface area contributed by atoms with E-state index in [0.29, 0.717) is 45.3 Å². The van der Waals surface area contributed by atoms with Gasteiger partial charge in [-0.1, -0.05) is 80.1 Å². The van der Waals surface area contributed by atoms with Crippen molar-refractivity contribution in [3.05, 3.63) is 113 Å². The molecule has 248 valence electrons. The number of fused-ring (bicyclic) bond motifs is 1. The van der Waals surface area contributed by atoms with Crippen LogP contribution in [0.4, 0.5) is 11.4 Å². The van der Waals surface area contributed by atoms with E-state index in [0.717, 1.165) is 27.8 Å². The molecule has 9 heteroatoms. The number of benzene rings is 4. The van der Waals surface area contributed by atoms with E-state index in [4.69, 9.17) is 21.3 Å². The molecule has 1 heterocycles. The second kappa shape index (κ2) is 14.9. The highest BCUT2D eigenvalue weighted by Crippen LogP contribution is 2.42. The molecular weight excluding hydrogens is 624 g/mol. The Bertz CT molecular complexity index is 1870. The van der Waals surface area contributed by atoms with Crippen LogP contribution in [0.5, 0.6) is 5.75 Å². The average Bonchev–Trinajstić information content (AvgIpc) is 3.40. The summed E-state index contributed by atoms with van der Waals surface area (Å²) in [7, 11) is 5.37. The fourth-order valence-electron chi connectivity index (χ4n) is 5.95. The van der Waals surface area contributed by atoms with Crippen LogP contribution in [0.2, 0.25) is 5.02 Å². The third-order valence-electron chi connectivity index (χ3n) is 9.02. The molecule has 4 aromatic rings. The van der Waals surface area contributed by atoms with E-state index in [9.17, 15) is 14.7 Å². The largest absolute Gasteiger partial charge is 0.496 e. The van der Waals surface area contributed by atoms with Gasteiger partial charge in [-0.25, -0.2) is 5.43 Å². The van der Waals surface area contributed by atoms with Crippen molar-refractivity contribution in [1.29, 1.82) is 0 Å². The monoisotopic (exact) mass is 664 g/mol. The van der Waals surface area contributed by atoms with Gasteiger partial charge >= 0.3 is 5.97 Å². The summed E-state index contributed by atoms with van der Waals surface area (Å²) in [5, 5.41) is 14.7. The number of carboxylic acid groups (broad SMARTS) is 1. The van der Waals surface area contributed by atoms with Gasteiger partial charge in [0.15, 0.2) is 0 Å². The lowest BCUT2D eigenvalue weighted by Crippen LogP contribution is -2.25. The molecule has 1 amide bonds. The molecule has 0 fully saturated rings. The summed E-state index contributed by atoms with van der Waals surface area (Å²) < 4.78 is 5.31. The summed E-state index contributed by atoms with van der Waals surface area (Å²) in [6.45, 7) is 6.27. The molecule has 0 saturated heterocycles. The summed E-state index contributed by atoms with van der Waals surface area (Å²) in [5.74, 6) is -0.562. The van der Waals surface area contributed by atoms with Crippen LogP contribution < -0.4 is 15.5 Å². The minimum atomic E-state index is -0.969. The molecule has 0 spiro atoms. The number of hydrogen-bond donors (Lipinski definition) is 3. The standard InChI is InChI=1S/C39H41ClN4O4/c1-23(17-18-44(5)41-4)24(2)26-7-9-27(10-8-26)28-11-13-29(14-12-28)32-21-33-35(22-34(32)40)43-39(47)38(33)25(3)42-31-15-16-36(48-6)30(19-31)20-37(45)46/h7-19,21-24,38,41H,20H2,1-6H3,(H,43,47)(H,45,46). The van der Waals surface area contributed by atoms with Gasteiger partial charge in [-0.05, 0) is 76.9 Å². The number of halogens is 1. The minimum absolute atomic E-state index is 0.192. The number of hydrogen-bond acceptors (Lipinski definition) is 6. The van der Waals surface area contributed by atoms with Crippen LogP contribution in [-0.4, -0.2) is 48.9 Å². The minimum Gasteiger partial charge on any atom is -0.496 e. The van der Waals surface area contributed by atoms with Crippen molar-refractivity contribution in [2.45, 2.75) is 39.0 Å². The third-order valence-corrected chi connectivity index (χ3v) is 9.33. The predicted octanol–water partition coefficient (Wildman–Crippen LogP) is 8.46. The fourth-order valence-corrected chi connectivity index (χ4v) is 6.23. The Morgan fingerprint density at radius 2 is 1.69 bits per heavy atom. The summed E-state index contributed by atoms with van der Waals surface area (Å²) in [6, 6.07) is 25.8. The Balaban J connectivity index is 1.37. The van der Waals surface area contributed by atoms with Crippen molar-refractivity contribution < 1.29 is 19.4 Å². The summed E-state index contributed by atoms with van der Waals surface area (Å²) >= 11 is 6.76. The normalized spacial score (nSPS) is 15.6. The van der Waals surface area contributed by atoms with Crippen molar-refractivity contribution in [3.8, 4) is 28.0 Å². The van der Waals surface area contributed by atoms with Gasteiger partial charge in [0.25, 0.3) is 0 Å². The first-order chi connectivity index (χ1) is 23.0. The molecule has 5 rings (SSSR count). The number of methoxy groups -OCH3 is 1. The molecule has 3 unspecified atom stereocenters. The summed E-state index contributed by atoms with van der Waals surface area (Å²) in [6.07, 6.45) is 4.06. The van der Waals surface area contributed by atoms with Crippen LogP contribution in [0.1, 0.15) is 49.3 Å². The van der Waals surface area contributed by atoms with Crippen molar-refractivity contribution in [2.75, 3.05) is 26.5 Å². The molecule has 3 N–H and O–H groups in total. The molecular formula is C39H41ClN4O4. The number of amides is 1. The van der Waals surface area contributed by atoms with Crippen molar-refractivity contribution >= 4 is 40.6 Å². The lowest BCUT2D eigenvalue weighted by molar-refractivity contribution is -0.136. The lowest BCUT2D eigenvalue weighted by atomic mass is 9.88. The maximum absolute atomic E-state index is 13.2. The number of ether oxygens (including phenoxy) is 1. The number of nitrogens with zero attached hydrogens (tertiary/aromatic N) is 2. The van der Waals surface area contributed by atoms with E-state index in [2.05, 4.69) is 73.3 Å². The first kappa shape index (κ1) is 34.4. The first-order valence-electron chi connectivity index (χ1n) is 15.9. The molecule has 3 atom stereocenters. The van der Waals surface area contributed by atoms with Gasteiger partial charge in [0.1, 0.15) is 11.7 Å². The zero-order chi connectivity index (χ0) is 34.5. The van der Waals surface area contributed by atoms with Gasteiger partial charge < -0.3 is 20.2 Å². The number of carbonyl (C=O) groups is 2. The average molecular weight is 665 g/mol. The highest BCUT2D eigenvalue weighted by Gasteiger charge is 2.34. The Morgan fingerprint density at radius 3 is 2.31 bits per heavy atom. The second-order valence-corrected chi connectivity index (χ2v) is 12.6. The Hall–Kier alpha value is -4.92. The number of hydrazine groups is 1. The quantitative estimate of drug-likeness (QED) is 0.104. The summed E-state index contributed by atoms with van der Waals surface area (Å²) in [5.41, 5.74) is 11.4. The zero-order valence-corrected chi connectivity index (χ0v) is 28.8. The van der Waals surface area contributed by atoms with Crippen molar-refractivity contribution in [3.63, 3.8) is 0 Å². The van der Waals surface area contributed by atoms with Crippen molar-refractivity contribution in [2.24, 2.45) is 10.9 Å². The van der Waals surface area contributed by atoms with Crippen LogP contribution >= 0.6 is 11.6 Å². The van der Waals surface area contributed by atoms with Crippen molar-refractivity contribution in [1.82, 2.24) is 10.4 Å². The maximum atomic E-state index is 13.2. The van der Waals surface area contributed by atoms with Crippen LogP contribution in [0.15, 0.2) is 96.1 Å². The Morgan fingerprint density at radius 1 is 1.04 bits per heavy atom. The van der Waals surface area contributed by atoms with E-state index in [-0.39, 0.29) is 12.3 Å². The van der Waals surface area contributed by atoms with Gasteiger partial charge in [0, 0.05) is 42.8 Å². The van der Waals surface area contributed by atoms with E-state index in [1.807, 2.05) is 37.3 Å². The fraction of sp³-hybridized carbons (Fsp3) is 0.256. The number of rotatable bonds is 12. The lowest BCUT2D eigenvalue weighted by Gasteiger charge is -2.19.